The van der Waals surface area contributed by atoms with Gasteiger partial charge >= 0.3 is 0 Å². The minimum Gasteiger partial charge on any atom is -0.373 e. The molecule has 1 saturated heterocycles. The van der Waals surface area contributed by atoms with Crippen LogP contribution in [0.2, 0.25) is 0 Å². The number of carbonyl (C=O) groups excluding carboxylic acids is 1. The molecule has 1 aliphatic rings. The van der Waals surface area contributed by atoms with E-state index in [1.807, 2.05) is 18.0 Å². The smallest absolute Gasteiger partial charge is 0.254 e. The molecule has 0 saturated carbocycles. The van der Waals surface area contributed by atoms with E-state index in [9.17, 15) is 4.79 Å². The Bertz CT molecular complexity index is 423. The Morgan fingerprint density at radius 1 is 1.39 bits per heavy atom. The highest BCUT2D eigenvalue weighted by atomic mass is 16.2. The van der Waals surface area contributed by atoms with Crippen molar-refractivity contribution in [2.24, 2.45) is 0 Å². The lowest BCUT2D eigenvalue weighted by Crippen LogP contribution is -2.47. The van der Waals surface area contributed by atoms with Crippen LogP contribution in [0, 0.1) is 0 Å². The molecule has 0 aromatic carbocycles. The summed E-state index contributed by atoms with van der Waals surface area (Å²) in [7, 11) is 1.81. The van der Waals surface area contributed by atoms with Crippen molar-refractivity contribution in [1.82, 2.24) is 9.88 Å². The normalized spacial score (nSPS) is 23.8. The zero-order chi connectivity index (χ0) is 13.1. The van der Waals surface area contributed by atoms with Gasteiger partial charge in [0.1, 0.15) is 5.82 Å². The minimum atomic E-state index is 0.119. The standard InChI is InChI=1S/C14H21N3O/c1-10-5-4-6-11(2)17(10)14(18)12-7-8-16-13(9-12)15-3/h7-11H,4-6H2,1-3H3,(H,15,16). The molecule has 1 amide bonds. The molecule has 2 unspecified atom stereocenters. The highest BCUT2D eigenvalue weighted by Gasteiger charge is 2.29. The molecule has 18 heavy (non-hydrogen) atoms. The van der Waals surface area contributed by atoms with Crippen LogP contribution in [-0.2, 0) is 0 Å². The molecule has 4 nitrogen and oxygen atoms in total. The maximum absolute atomic E-state index is 12.6. The number of hydrogen-bond donors (Lipinski definition) is 1. The van der Waals surface area contributed by atoms with Crippen LogP contribution in [0.25, 0.3) is 0 Å². The lowest BCUT2D eigenvalue weighted by atomic mass is 9.96. The van der Waals surface area contributed by atoms with E-state index < -0.39 is 0 Å². The van der Waals surface area contributed by atoms with E-state index in [-0.39, 0.29) is 5.91 Å². The molecule has 2 rings (SSSR count). The number of nitrogens with one attached hydrogen (secondary N) is 1. The van der Waals surface area contributed by atoms with Crippen LogP contribution >= 0.6 is 0 Å². The molecule has 0 aliphatic carbocycles. The van der Waals surface area contributed by atoms with Crippen LogP contribution in [-0.4, -0.2) is 34.9 Å². The zero-order valence-electron chi connectivity index (χ0n) is 11.3. The van der Waals surface area contributed by atoms with Crippen LogP contribution in [0.15, 0.2) is 18.3 Å². The van der Waals surface area contributed by atoms with Crippen LogP contribution < -0.4 is 5.32 Å². The number of rotatable bonds is 2. The van der Waals surface area contributed by atoms with Gasteiger partial charge in [-0.05, 0) is 45.2 Å². The molecule has 2 atom stereocenters. The predicted octanol–water partition coefficient (Wildman–Crippen LogP) is 2.53. The second-order valence-corrected chi connectivity index (χ2v) is 5.02. The Morgan fingerprint density at radius 2 is 2.06 bits per heavy atom. The quantitative estimate of drug-likeness (QED) is 0.873. The molecule has 0 bridgehead atoms. The first-order valence-corrected chi connectivity index (χ1v) is 6.60. The number of hydrogen-bond acceptors (Lipinski definition) is 3. The summed E-state index contributed by atoms with van der Waals surface area (Å²) in [5.41, 5.74) is 0.718. The average molecular weight is 247 g/mol. The van der Waals surface area contributed by atoms with E-state index in [0.29, 0.717) is 12.1 Å². The first kappa shape index (κ1) is 12.9. The zero-order valence-corrected chi connectivity index (χ0v) is 11.3. The third-order valence-corrected chi connectivity index (χ3v) is 3.69. The molecular weight excluding hydrogens is 226 g/mol. The van der Waals surface area contributed by atoms with Gasteiger partial charge in [0.2, 0.25) is 0 Å². The van der Waals surface area contributed by atoms with Crippen LogP contribution in [0.1, 0.15) is 43.5 Å². The van der Waals surface area contributed by atoms with Crippen molar-refractivity contribution in [3.8, 4) is 0 Å². The molecule has 4 heteroatoms. The molecule has 0 radical (unpaired) electrons. The maximum atomic E-state index is 12.6. The van der Waals surface area contributed by atoms with Gasteiger partial charge in [-0.3, -0.25) is 4.79 Å². The third kappa shape index (κ3) is 2.47. The van der Waals surface area contributed by atoms with Crippen LogP contribution in [0.3, 0.4) is 0 Å². The average Bonchev–Trinajstić information content (AvgIpc) is 2.38. The second kappa shape index (κ2) is 5.38. The first-order valence-electron chi connectivity index (χ1n) is 6.60. The summed E-state index contributed by atoms with van der Waals surface area (Å²) in [5, 5.41) is 2.97. The Morgan fingerprint density at radius 3 is 2.67 bits per heavy atom. The molecule has 1 aliphatic heterocycles. The Hall–Kier alpha value is -1.58. The number of aromatic nitrogens is 1. The number of nitrogens with zero attached hydrogens (tertiary/aromatic N) is 2. The first-order chi connectivity index (χ1) is 8.63. The van der Waals surface area contributed by atoms with Crippen molar-refractivity contribution >= 4 is 11.7 Å². The largest absolute Gasteiger partial charge is 0.373 e. The summed E-state index contributed by atoms with van der Waals surface area (Å²) in [6.45, 7) is 4.27. The summed E-state index contributed by atoms with van der Waals surface area (Å²) in [5.74, 6) is 0.853. The van der Waals surface area contributed by atoms with Gasteiger partial charge in [-0.15, -0.1) is 0 Å². The number of likely N-dealkylation sites (tertiary alicyclic amines) is 1. The van der Waals surface area contributed by atoms with E-state index in [1.54, 1.807) is 12.3 Å². The van der Waals surface area contributed by atoms with Gasteiger partial charge in [-0.1, -0.05) is 0 Å². The second-order valence-electron chi connectivity index (χ2n) is 5.02. The van der Waals surface area contributed by atoms with Crippen molar-refractivity contribution < 1.29 is 4.79 Å². The monoisotopic (exact) mass is 247 g/mol. The number of anilines is 1. The Kier molecular flexibility index (Phi) is 3.84. The Labute approximate surface area is 108 Å². The molecule has 1 aromatic heterocycles. The molecule has 1 fully saturated rings. The van der Waals surface area contributed by atoms with E-state index in [2.05, 4.69) is 24.1 Å². The topological polar surface area (TPSA) is 45.2 Å². The van der Waals surface area contributed by atoms with Crippen molar-refractivity contribution in [3.05, 3.63) is 23.9 Å². The fraction of sp³-hybridized carbons (Fsp3) is 0.571. The third-order valence-electron chi connectivity index (χ3n) is 3.69. The summed E-state index contributed by atoms with van der Waals surface area (Å²) in [6.07, 6.45) is 5.09. The molecule has 1 N–H and O–H groups in total. The molecule has 2 heterocycles. The van der Waals surface area contributed by atoms with Crippen molar-refractivity contribution in [3.63, 3.8) is 0 Å². The summed E-state index contributed by atoms with van der Waals surface area (Å²) in [4.78, 5) is 18.7. The number of amides is 1. The van der Waals surface area contributed by atoms with Gasteiger partial charge in [-0.2, -0.15) is 0 Å². The van der Waals surface area contributed by atoms with Gasteiger partial charge in [0.25, 0.3) is 5.91 Å². The summed E-state index contributed by atoms with van der Waals surface area (Å²) in [6, 6.07) is 4.26. The fourth-order valence-corrected chi connectivity index (χ4v) is 2.67. The molecular formula is C14H21N3O. The van der Waals surface area contributed by atoms with Gasteiger partial charge in [0.05, 0.1) is 0 Å². The van der Waals surface area contributed by atoms with Crippen molar-refractivity contribution in [1.29, 1.82) is 0 Å². The van der Waals surface area contributed by atoms with E-state index in [1.165, 1.54) is 6.42 Å². The Balaban J connectivity index is 2.23. The number of pyridine rings is 1. The van der Waals surface area contributed by atoms with Crippen molar-refractivity contribution in [2.45, 2.75) is 45.2 Å². The van der Waals surface area contributed by atoms with Gasteiger partial charge in [0, 0.05) is 30.9 Å². The van der Waals surface area contributed by atoms with Crippen molar-refractivity contribution in [2.75, 3.05) is 12.4 Å². The van der Waals surface area contributed by atoms with E-state index in [4.69, 9.17) is 0 Å². The van der Waals surface area contributed by atoms with E-state index in [0.717, 1.165) is 24.2 Å². The number of carbonyl (C=O) groups is 1. The maximum Gasteiger partial charge on any atom is 0.254 e. The van der Waals surface area contributed by atoms with E-state index >= 15 is 0 Å². The van der Waals surface area contributed by atoms with Crippen LogP contribution in [0.5, 0.6) is 0 Å². The molecule has 98 valence electrons. The SMILES string of the molecule is CNc1cc(C(=O)N2C(C)CCCC2C)ccn1. The molecule has 1 aromatic rings. The molecule has 0 spiro atoms. The predicted molar refractivity (Wildman–Crippen MR) is 72.7 cm³/mol. The summed E-state index contributed by atoms with van der Waals surface area (Å²) < 4.78 is 0. The highest BCUT2D eigenvalue weighted by molar-refractivity contribution is 5.95. The minimum absolute atomic E-state index is 0.119. The van der Waals surface area contributed by atoms with Crippen LogP contribution in [0.4, 0.5) is 5.82 Å². The lowest BCUT2D eigenvalue weighted by Gasteiger charge is -2.39. The summed E-state index contributed by atoms with van der Waals surface area (Å²) >= 11 is 0. The highest BCUT2D eigenvalue weighted by Crippen LogP contribution is 2.24. The van der Waals surface area contributed by atoms with Gasteiger partial charge in [0.15, 0.2) is 0 Å². The van der Waals surface area contributed by atoms with Gasteiger partial charge < -0.3 is 10.2 Å². The number of piperidine rings is 1. The lowest BCUT2D eigenvalue weighted by molar-refractivity contribution is 0.0510. The van der Waals surface area contributed by atoms with Gasteiger partial charge in [-0.25, -0.2) is 4.98 Å². The fourth-order valence-electron chi connectivity index (χ4n) is 2.67.